The van der Waals surface area contributed by atoms with Crippen LogP contribution < -0.4 is 4.74 Å². The molecule has 4 heteroatoms. The van der Waals surface area contributed by atoms with E-state index in [9.17, 15) is 0 Å². The predicted molar refractivity (Wildman–Crippen MR) is 54.0 cm³/mol. The normalized spacial score (nSPS) is 10.1. The average Bonchev–Trinajstić information content (AvgIpc) is 2.03. The predicted octanol–water partition coefficient (Wildman–Crippen LogP) is 2.18. The molecule has 1 rings (SSSR count). The Hall–Kier alpha value is -0.610. The zero-order chi connectivity index (χ0) is 9.68. The number of aryl methyl sites for hydroxylation is 1. The Morgan fingerprint density at radius 2 is 2.15 bits per heavy atom. The van der Waals surface area contributed by atoms with Crippen molar-refractivity contribution in [2.75, 3.05) is 20.3 Å². The van der Waals surface area contributed by atoms with E-state index in [1.54, 1.807) is 7.11 Å². The van der Waals surface area contributed by atoms with Crippen molar-refractivity contribution in [1.29, 1.82) is 0 Å². The summed E-state index contributed by atoms with van der Waals surface area (Å²) in [6, 6.07) is 3.77. The van der Waals surface area contributed by atoms with E-state index in [1.807, 2.05) is 19.1 Å². The van der Waals surface area contributed by atoms with Gasteiger partial charge >= 0.3 is 0 Å². The molecule has 0 spiro atoms. The molecular formula is C9H12BrNO2. The van der Waals surface area contributed by atoms with Crippen molar-refractivity contribution in [3.63, 3.8) is 0 Å². The van der Waals surface area contributed by atoms with Crippen molar-refractivity contribution >= 4 is 15.9 Å². The molecule has 1 aromatic rings. The Balaban J connectivity index is 2.56. The molecule has 0 unspecified atom stereocenters. The maximum Gasteiger partial charge on any atom is 0.214 e. The van der Waals surface area contributed by atoms with Gasteiger partial charge in [-0.25, -0.2) is 4.98 Å². The van der Waals surface area contributed by atoms with Gasteiger partial charge in [-0.15, -0.1) is 0 Å². The average molecular weight is 246 g/mol. The number of hydrogen-bond donors (Lipinski definition) is 0. The molecule has 0 atom stereocenters. The first-order chi connectivity index (χ1) is 6.22. The number of halogens is 1. The van der Waals surface area contributed by atoms with E-state index < -0.39 is 0 Å². The van der Waals surface area contributed by atoms with Crippen LogP contribution in [0.5, 0.6) is 5.88 Å². The van der Waals surface area contributed by atoms with Crippen molar-refractivity contribution < 1.29 is 9.47 Å². The Labute approximate surface area is 86.2 Å². The van der Waals surface area contributed by atoms with Gasteiger partial charge in [0.2, 0.25) is 5.88 Å². The van der Waals surface area contributed by atoms with Gasteiger partial charge in [0.05, 0.1) is 6.61 Å². The largest absolute Gasteiger partial charge is 0.475 e. The number of hydrogen-bond acceptors (Lipinski definition) is 3. The zero-order valence-corrected chi connectivity index (χ0v) is 9.30. The third kappa shape index (κ3) is 3.74. The fourth-order valence-corrected chi connectivity index (χ4v) is 1.43. The van der Waals surface area contributed by atoms with Gasteiger partial charge in [0.25, 0.3) is 0 Å². The molecule has 0 aliphatic heterocycles. The van der Waals surface area contributed by atoms with Crippen LogP contribution in [0.1, 0.15) is 5.69 Å². The van der Waals surface area contributed by atoms with E-state index >= 15 is 0 Å². The molecule has 0 saturated heterocycles. The van der Waals surface area contributed by atoms with Gasteiger partial charge in [0.15, 0.2) is 0 Å². The number of ether oxygens (including phenoxy) is 2. The van der Waals surface area contributed by atoms with Crippen LogP contribution >= 0.6 is 15.9 Å². The molecule has 0 aliphatic carbocycles. The fourth-order valence-electron chi connectivity index (χ4n) is 0.901. The Bertz CT molecular complexity index is 258. The van der Waals surface area contributed by atoms with Crippen LogP contribution in [0.15, 0.2) is 16.6 Å². The van der Waals surface area contributed by atoms with E-state index in [0.717, 1.165) is 10.2 Å². The Morgan fingerprint density at radius 1 is 1.38 bits per heavy atom. The van der Waals surface area contributed by atoms with Gasteiger partial charge in [-0.2, -0.15) is 0 Å². The van der Waals surface area contributed by atoms with Crippen LogP contribution in [-0.2, 0) is 4.74 Å². The minimum Gasteiger partial charge on any atom is -0.475 e. The van der Waals surface area contributed by atoms with Gasteiger partial charge in [0.1, 0.15) is 6.61 Å². The highest BCUT2D eigenvalue weighted by Crippen LogP contribution is 2.17. The van der Waals surface area contributed by atoms with E-state index in [1.165, 1.54) is 0 Å². The molecule has 0 aromatic carbocycles. The lowest BCUT2D eigenvalue weighted by molar-refractivity contribution is 0.143. The number of nitrogens with zero attached hydrogens (tertiary/aromatic N) is 1. The van der Waals surface area contributed by atoms with E-state index in [2.05, 4.69) is 20.9 Å². The summed E-state index contributed by atoms with van der Waals surface area (Å²) < 4.78 is 11.2. The summed E-state index contributed by atoms with van der Waals surface area (Å²) in [6.07, 6.45) is 0. The summed E-state index contributed by atoms with van der Waals surface area (Å²) >= 11 is 3.37. The third-order valence-electron chi connectivity index (χ3n) is 1.43. The standard InChI is InChI=1S/C9H12BrNO2/c1-7-5-8(10)6-9(11-7)13-4-3-12-2/h5-6H,3-4H2,1-2H3. The Morgan fingerprint density at radius 3 is 2.77 bits per heavy atom. The molecule has 13 heavy (non-hydrogen) atoms. The first-order valence-electron chi connectivity index (χ1n) is 3.98. The van der Waals surface area contributed by atoms with Crippen LogP contribution in [0.2, 0.25) is 0 Å². The van der Waals surface area contributed by atoms with Gasteiger partial charge in [-0.3, -0.25) is 0 Å². The van der Waals surface area contributed by atoms with E-state index in [0.29, 0.717) is 19.1 Å². The highest BCUT2D eigenvalue weighted by atomic mass is 79.9. The molecule has 0 saturated carbocycles. The lowest BCUT2D eigenvalue weighted by Gasteiger charge is -2.05. The van der Waals surface area contributed by atoms with Crippen molar-refractivity contribution in [3.05, 3.63) is 22.3 Å². The molecule has 0 amide bonds. The first kappa shape index (κ1) is 10.5. The molecule has 3 nitrogen and oxygen atoms in total. The molecule has 0 bridgehead atoms. The smallest absolute Gasteiger partial charge is 0.214 e. The SMILES string of the molecule is COCCOc1cc(Br)cc(C)n1. The molecule has 1 aromatic heterocycles. The fraction of sp³-hybridized carbons (Fsp3) is 0.444. The minimum atomic E-state index is 0.527. The topological polar surface area (TPSA) is 31.4 Å². The molecular weight excluding hydrogens is 234 g/mol. The summed E-state index contributed by atoms with van der Waals surface area (Å²) in [7, 11) is 1.64. The van der Waals surface area contributed by atoms with Crippen molar-refractivity contribution in [2.24, 2.45) is 0 Å². The summed E-state index contributed by atoms with van der Waals surface area (Å²) in [6.45, 7) is 3.03. The van der Waals surface area contributed by atoms with Crippen LogP contribution in [0.4, 0.5) is 0 Å². The maximum atomic E-state index is 5.34. The second kappa shape index (κ2) is 5.19. The number of rotatable bonds is 4. The van der Waals surface area contributed by atoms with E-state index in [-0.39, 0.29) is 0 Å². The third-order valence-corrected chi connectivity index (χ3v) is 1.89. The lowest BCUT2D eigenvalue weighted by Crippen LogP contribution is -2.05. The van der Waals surface area contributed by atoms with Crippen LogP contribution in [0.25, 0.3) is 0 Å². The maximum absolute atomic E-state index is 5.34. The van der Waals surface area contributed by atoms with E-state index in [4.69, 9.17) is 9.47 Å². The zero-order valence-electron chi connectivity index (χ0n) is 7.71. The first-order valence-corrected chi connectivity index (χ1v) is 4.77. The molecule has 72 valence electrons. The quantitative estimate of drug-likeness (QED) is 0.763. The summed E-state index contributed by atoms with van der Waals surface area (Å²) in [5, 5.41) is 0. The van der Waals surface area contributed by atoms with Crippen LogP contribution in [0.3, 0.4) is 0 Å². The molecule has 0 N–H and O–H groups in total. The minimum absolute atomic E-state index is 0.527. The highest BCUT2D eigenvalue weighted by Gasteiger charge is 1.98. The second-order valence-corrected chi connectivity index (χ2v) is 3.52. The van der Waals surface area contributed by atoms with Crippen molar-refractivity contribution in [2.45, 2.75) is 6.92 Å². The molecule has 0 radical (unpaired) electrons. The van der Waals surface area contributed by atoms with Crippen LogP contribution in [-0.4, -0.2) is 25.3 Å². The molecule has 1 heterocycles. The summed E-state index contributed by atoms with van der Waals surface area (Å²) in [5.41, 5.74) is 0.932. The highest BCUT2D eigenvalue weighted by molar-refractivity contribution is 9.10. The number of methoxy groups -OCH3 is 1. The van der Waals surface area contributed by atoms with Gasteiger partial charge in [-0.05, 0) is 13.0 Å². The summed E-state index contributed by atoms with van der Waals surface area (Å²) in [4.78, 5) is 4.20. The lowest BCUT2D eigenvalue weighted by atomic mass is 10.4. The molecule has 0 aliphatic rings. The molecule has 0 fully saturated rings. The second-order valence-electron chi connectivity index (χ2n) is 2.61. The van der Waals surface area contributed by atoms with Crippen LogP contribution in [0, 0.1) is 6.92 Å². The van der Waals surface area contributed by atoms with Gasteiger partial charge in [0, 0.05) is 23.3 Å². The monoisotopic (exact) mass is 245 g/mol. The van der Waals surface area contributed by atoms with Crippen molar-refractivity contribution in [1.82, 2.24) is 4.98 Å². The van der Waals surface area contributed by atoms with Crippen molar-refractivity contribution in [3.8, 4) is 5.88 Å². The number of aromatic nitrogens is 1. The van der Waals surface area contributed by atoms with Gasteiger partial charge < -0.3 is 9.47 Å². The van der Waals surface area contributed by atoms with Gasteiger partial charge in [-0.1, -0.05) is 15.9 Å². The summed E-state index contributed by atoms with van der Waals surface area (Å²) in [5.74, 6) is 0.629. The number of pyridine rings is 1. The Kier molecular flexibility index (Phi) is 4.18.